The summed E-state index contributed by atoms with van der Waals surface area (Å²) in [6, 6.07) is 4.23. The molecular weight excluding hydrogens is 542 g/mol. The molecule has 1 N–H and O–H groups in total. The Bertz CT molecular complexity index is 1320. The van der Waals surface area contributed by atoms with Crippen molar-refractivity contribution in [2.75, 3.05) is 18.0 Å². The number of tetrazole rings is 1. The number of aromatic amines is 1. The van der Waals surface area contributed by atoms with E-state index in [1.165, 1.54) is 21.8 Å². The van der Waals surface area contributed by atoms with Gasteiger partial charge in [-0.25, -0.2) is 4.79 Å². The van der Waals surface area contributed by atoms with Crippen molar-refractivity contribution in [1.82, 2.24) is 35.1 Å². The molecule has 0 aliphatic carbocycles. The second-order valence-corrected chi connectivity index (χ2v) is 8.87. The Hall–Kier alpha value is -3.62. The lowest BCUT2D eigenvalue weighted by Gasteiger charge is -2.35. The molecule has 0 saturated heterocycles. The summed E-state index contributed by atoms with van der Waals surface area (Å²) in [6.07, 6.45) is -9.85. The van der Waals surface area contributed by atoms with E-state index in [-0.39, 0.29) is 55.1 Å². The van der Waals surface area contributed by atoms with Crippen LogP contribution in [0.3, 0.4) is 0 Å². The fourth-order valence-corrected chi connectivity index (χ4v) is 4.12. The Labute approximate surface area is 217 Å². The first-order valence-electron chi connectivity index (χ1n) is 11.4. The summed E-state index contributed by atoms with van der Waals surface area (Å²) in [6.45, 7) is 4.00. The Morgan fingerprint density at radius 1 is 1.03 bits per heavy atom. The molecule has 38 heavy (non-hydrogen) atoms. The predicted octanol–water partition coefficient (Wildman–Crippen LogP) is 5.30. The molecule has 1 aliphatic heterocycles. The van der Waals surface area contributed by atoms with Crippen LogP contribution in [0.5, 0.6) is 0 Å². The minimum absolute atomic E-state index is 0.0354. The minimum atomic E-state index is -4.47. The average Bonchev–Trinajstić information content (AvgIpc) is 3.43. The van der Waals surface area contributed by atoms with Crippen molar-refractivity contribution < 1.29 is 31.1 Å². The van der Waals surface area contributed by atoms with Gasteiger partial charge in [0, 0.05) is 25.9 Å². The zero-order chi connectivity index (χ0) is 27.7. The zero-order valence-corrected chi connectivity index (χ0v) is 20.4. The number of carbonyl (C=O) groups excluding carboxylic acids is 1. The first-order valence-corrected chi connectivity index (χ1v) is 11.7. The molecule has 0 unspecified atom stereocenters. The highest BCUT2D eigenvalue weighted by Gasteiger charge is 2.37. The summed E-state index contributed by atoms with van der Waals surface area (Å²) < 4.78 is 76.7. The smallest absolute Gasteiger partial charge is 0.326 e. The van der Waals surface area contributed by atoms with Crippen LogP contribution in [-0.4, -0.2) is 60.4 Å². The molecule has 16 heteroatoms. The fourth-order valence-electron chi connectivity index (χ4n) is 3.94. The topological polar surface area (TPSA) is 95.8 Å². The number of rotatable bonds is 9. The third kappa shape index (κ3) is 6.44. The monoisotopic (exact) mass is 562 g/mol. The summed E-state index contributed by atoms with van der Waals surface area (Å²) in [5.41, 5.74) is 0.175. The highest BCUT2D eigenvalue weighted by Crippen LogP contribution is 2.35. The zero-order valence-electron chi connectivity index (χ0n) is 19.7. The van der Waals surface area contributed by atoms with E-state index in [0.717, 1.165) is 17.0 Å². The van der Waals surface area contributed by atoms with Crippen molar-refractivity contribution in [1.29, 1.82) is 0 Å². The number of imidazole rings is 1. The van der Waals surface area contributed by atoms with Gasteiger partial charge in [0.2, 0.25) is 5.28 Å². The number of urea groups is 1. The second-order valence-electron chi connectivity index (χ2n) is 8.51. The number of aryl methyl sites for hydroxylation is 1. The number of fused-ring (bicyclic) bond motifs is 1. The van der Waals surface area contributed by atoms with E-state index in [4.69, 9.17) is 11.6 Å². The molecule has 2 amide bonds. The summed E-state index contributed by atoms with van der Waals surface area (Å²) >= 11 is 5.93. The first-order chi connectivity index (χ1) is 17.8. The second kappa shape index (κ2) is 10.6. The van der Waals surface area contributed by atoms with Gasteiger partial charge in [-0.3, -0.25) is 9.80 Å². The predicted molar refractivity (Wildman–Crippen MR) is 124 cm³/mol. The SMILES string of the molecule is C=C1c2[nH]c(Cl)nc2N(CCCC(F)(F)F)C(=O)N1CCCn1nnc(Cc2cccc(C(F)(F)F)c2)n1. The normalized spacial score (nSPS) is 14.4. The molecule has 3 aromatic rings. The van der Waals surface area contributed by atoms with Gasteiger partial charge in [-0.1, -0.05) is 24.8 Å². The van der Waals surface area contributed by atoms with Crippen LogP contribution in [0.4, 0.5) is 37.0 Å². The third-order valence-electron chi connectivity index (χ3n) is 5.68. The Balaban J connectivity index is 1.38. The Morgan fingerprint density at radius 2 is 1.76 bits per heavy atom. The van der Waals surface area contributed by atoms with E-state index >= 15 is 0 Å². The molecule has 1 aliphatic rings. The average molecular weight is 563 g/mol. The van der Waals surface area contributed by atoms with Crippen molar-refractivity contribution in [2.45, 2.75) is 44.6 Å². The molecule has 0 atom stereocenters. The van der Waals surface area contributed by atoms with Crippen molar-refractivity contribution in [3.8, 4) is 0 Å². The molecule has 2 aromatic heterocycles. The molecule has 9 nitrogen and oxygen atoms in total. The third-order valence-corrected chi connectivity index (χ3v) is 5.86. The van der Waals surface area contributed by atoms with Crippen LogP contribution in [0.25, 0.3) is 5.70 Å². The highest BCUT2D eigenvalue weighted by molar-refractivity contribution is 6.28. The van der Waals surface area contributed by atoms with Gasteiger partial charge < -0.3 is 4.98 Å². The molecule has 0 bridgehead atoms. The lowest BCUT2D eigenvalue weighted by molar-refractivity contribution is -0.137. The van der Waals surface area contributed by atoms with Gasteiger partial charge in [-0.2, -0.15) is 36.1 Å². The van der Waals surface area contributed by atoms with E-state index in [1.807, 2.05) is 0 Å². The van der Waals surface area contributed by atoms with Gasteiger partial charge in [0.15, 0.2) is 11.6 Å². The number of alkyl halides is 6. The van der Waals surface area contributed by atoms with Crippen molar-refractivity contribution in [3.05, 3.63) is 58.8 Å². The molecule has 4 rings (SSSR count). The molecule has 0 fully saturated rings. The summed E-state index contributed by atoms with van der Waals surface area (Å²) in [4.78, 5) is 23.6. The molecule has 204 valence electrons. The number of amides is 2. The molecule has 0 saturated carbocycles. The fraction of sp³-hybridized carbons (Fsp3) is 0.409. The standard InChI is InChI=1S/C22H21ClF6N8O/c1-13-17-18(31-19(23)30-17)36(8-3-7-21(24,25)26)20(38)35(13)9-4-10-37-33-16(32-34-37)12-14-5-2-6-15(11-14)22(27,28)29/h2,5-6,11H,1,3-4,7-10,12H2,(H,30,31). The number of nitrogens with one attached hydrogen (secondary N) is 1. The summed E-state index contributed by atoms with van der Waals surface area (Å²) in [5, 5.41) is 11.9. The number of hydrogen-bond donors (Lipinski definition) is 1. The van der Waals surface area contributed by atoms with Gasteiger partial charge in [0.25, 0.3) is 0 Å². The lowest BCUT2D eigenvalue weighted by atomic mass is 10.1. The Morgan fingerprint density at radius 3 is 2.47 bits per heavy atom. The van der Waals surface area contributed by atoms with Crippen LogP contribution in [0, 0.1) is 0 Å². The van der Waals surface area contributed by atoms with E-state index < -0.39 is 30.4 Å². The van der Waals surface area contributed by atoms with E-state index in [1.54, 1.807) is 0 Å². The van der Waals surface area contributed by atoms with Crippen molar-refractivity contribution >= 4 is 29.1 Å². The van der Waals surface area contributed by atoms with Crippen LogP contribution in [0.15, 0.2) is 30.8 Å². The van der Waals surface area contributed by atoms with E-state index in [0.29, 0.717) is 17.7 Å². The maximum atomic E-state index is 13.1. The van der Waals surface area contributed by atoms with Crippen LogP contribution in [0.1, 0.15) is 41.9 Å². The quantitative estimate of drug-likeness (QED) is 0.357. The number of carbonyl (C=O) groups is 1. The first kappa shape index (κ1) is 27.4. The molecular formula is C22H21ClF6N8O. The Kier molecular flexibility index (Phi) is 7.67. The van der Waals surface area contributed by atoms with Crippen LogP contribution in [-0.2, 0) is 19.1 Å². The number of halogens is 7. The van der Waals surface area contributed by atoms with Crippen molar-refractivity contribution in [3.63, 3.8) is 0 Å². The minimum Gasteiger partial charge on any atom is -0.326 e. The highest BCUT2D eigenvalue weighted by atomic mass is 35.5. The van der Waals surface area contributed by atoms with E-state index in [9.17, 15) is 31.1 Å². The molecule has 1 aromatic carbocycles. The lowest BCUT2D eigenvalue weighted by Crippen LogP contribution is -2.47. The summed E-state index contributed by atoms with van der Waals surface area (Å²) in [7, 11) is 0. The van der Waals surface area contributed by atoms with Gasteiger partial charge >= 0.3 is 18.4 Å². The number of aromatic nitrogens is 6. The number of benzene rings is 1. The van der Waals surface area contributed by atoms with Gasteiger partial charge in [0.05, 0.1) is 17.8 Å². The largest absolute Gasteiger partial charge is 0.416 e. The molecule has 3 heterocycles. The van der Waals surface area contributed by atoms with Gasteiger partial charge in [-0.15, -0.1) is 10.2 Å². The van der Waals surface area contributed by atoms with Gasteiger partial charge in [0.1, 0.15) is 5.69 Å². The van der Waals surface area contributed by atoms with Crippen LogP contribution in [0.2, 0.25) is 5.28 Å². The maximum absolute atomic E-state index is 13.1. The van der Waals surface area contributed by atoms with Gasteiger partial charge in [-0.05, 0) is 41.3 Å². The van der Waals surface area contributed by atoms with Crippen LogP contribution < -0.4 is 4.90 Å². The number of nitrogens with zero attached hydrogens (tertiary/aromatic N) is 7. The van der Waals surface area contributed by atoms with Crippen LogP contribution >= 0.6 is 11.6 Å². The van der Waals surface area contributed by atoms with Crippen molar-refractivity contribution in [2.24, 2.45) is 0 Å². The molecule has 0 radical (unpaired) electrons. The number of anilines is 1. The van der Waals surface area contributed by atoms with E-state index in [2.05, 4.69) is 32.0 Å². The number of hydrogen-bond acceptors (Lipinski definition) is 5. The summed E-state index contributed by atoms with van der Waals surface area (Å²) in [5.74, 6) is 0.330. The number of H-pyrrole nitrogens is 1. The maximum Gasteiger partial charge on any atom is 0.416 e. The molecule has 0 spiro atoms.